The van der Waals surface area contributed by atoms with Gasteiger partial charge in [0.2, 0.25) is 5.88 Å². The van der Waals surface area contributed by atoms with Crippen LogP contribution in [0.1, 0.15) is 18.2 Å². The van der Waals surface area contributed by atoms with Crippen molar-refractivity contribution in [2.24, 2.45) is 0 Å². The molecule has 2 heterocycles. The lowest BCUT2D eigenvalue weighted by atomic mass is 10.1. The van der Waals surface area contributed by atoms with Gasteiger partial charge in [0, 0.05) is 22.2 Å². The van der Waals surface area contributed by atoms with Crippen molar-refractivity contribution in [3.63, 3.8) is 0 Å². The van der Waals surface area contributed by atoms with Gasteiger partial charge in [0.25, 0.3) is 5.91 Å². The first-order valence-electron chi connectivity index (χ1n) is 9.58. The summed E-state index contributed by atoms with van der Waals surface area (Å²) in [6, 6.07) is 18.6. The monoisotopic (exact) mass is 420 g/mol. The van der Waals surface area contributed by atoms with Gasteiger partial charge in [-0.05, 0) is 56.7 Å². The third kappa shape index (κ3) is 4.00. The van der Waals surface area contributed by atoms with Gasteiger partial charge in [0.05, 0.1) is 11.4 Å². The topological polar surface area (TPSA) is 69.0 Å². The Kier molecular flexibility index (Phi) is 5.42. The number of halogens is 1. The molecule has 4 rings (SSSR count). The number of aromatic nitrogens is 3. The van der Waals surface area contributed by atoms with Crippen LogP contribution in [-0.4, -0.2) is 26.8 Å². The van der Waals surface area contributed by atoms with Crippen LogP contribution in [0, 0.1) is 13.8 Å². The van der Waals surface area contributed by atoms with Crippen molar-refractivity contribution in [1.82, 2.24) is 14.8 Å². The van der Waals surface area contributed by atoms with Gasteiger partial charge < -0.3 is 10.1 Å². The summed E-state index contributed by atoms with van der Waals surface area (Å²) in [7, 11) is 0. The highest BCUT2D eigenvalue weighted by Crippen LogP contribution is 2.27. The molecule has 0 radical (unpaired) electrons. The molecule has 1 amide bonds. The van der Waals surface area contributed by atoms with E-state index in [4.69, 9.17) is 16.3 Å². The molecule has 0 fully saturated rings. The van der Waals surface area contributed by atoms with Gasteiger partial charge in [-0.25, -0.2) is 4.68 Å². The Morgan fingerprint density at radius 2 is 1.87 bits per heavy atom. The molecule has 0 aliphatic carbocycles. The van der Waals surface area contributed by atoms with Crippen molar-refractivity contribution in [2.45, 2.75) is 26.9 Å². The number of carbonyl (C=O) groups excluding carboxylic acids is 1. The van der Waals surface area contributed by atoms with E-state index in [2.05, 4.69) is 15.4 Å². The van der Waals surface area contributed by atoms with Crippen molar-refractivity contribution in [1.29, 1.82) is 0 Å². The van der Waals surface area contributed by atoms with Crippen LogP contribution >= 0.6 is 11.6 Å². The van der Waals surface area contributed by atoms with E-state index in [1.54, 1.807) is 35.9 Å². The Hall–Kier alpha value is -3.38. The molecule has 1 N–H and O–H groups in total. The van der Waals surface area contributed by atoms with E-state index in [1.165, 1.54) is 0 Å². The van der Waals surface area contributed by atoms with E-state index < -0.39 is 6.10 Å². The number of hydrogen-bond donors (Lipinski definition) is 1. The number of nitrogens with one attached hydrogen (secondary N) is 1. The number of para-hydroxylation sites is 1. The first-order chi connectivity index (χ1) is 14.4. The van der Waals surface area contributed by atoms with Crippen LogP contribution in [0.5, 0.6) is 5.88 Å². The summed E-state index contributed by atoms with van der Waals surface area (Å²) < 4.78 is 7.66. The fourth-order valence-corrected chi connectivity index (χ4v) is 3.52. The maximum absolute atomic E-state index is 12.5. The fraction of sp³-hybridized carbons (Fsp3) is 0.174. The zero-order chi connectivity index (χ0) is 21.3. The summed E-state index contributed by atoms with van der Waals surface area (Å²) in [6.07, 6.45) is -0.748. The minimum Gasteiger partial charge on any atom is -0.464 e. The third-order valence-electron chi connectivity index (χ3n) is 4.75. The Morgan fingerprint density at radius 3 is 2.60 bits per heavy atom. The second kappa shape index (κ2) is 8.16. The highest BCUT2D eigenvalue weighted by Gasteiger charge is 2.19. The van der Waals surface area contributed by atoms with Gasteiger partial charge in [-0.1, -0.05) is 35.9 Å². The SMILES string of the molecule is Cc1cc(O[C@@H](C)C(=O)Nc2cccc(Cl)c2)nc2c1c(C)nn2-c1ccccc1. The zero-order valence-corrected chi connectivity index (χ0v) is 17.6. The Labute approximate surface area is 179 Å². The number of anilines is 1. The minimum absolute atomic E-state index is 0.287. The summed E-state index contributed by atoms with van der Waals surface area (Å²) in [5, 5.41) is 8.97. The summed E-state index contributed by atoms with van der Waals surface area (Å²) in [4.78, 5) is 17.2. The van der Waals surface area contributed by atoms with Gasteiger partial charge in [0.15, 0.2) is 11.8 Å². The summed E-state index contributed by atoms with van der Waals surface area (Å²) in [6.45, 7) is 5.62. The molecule has 30 heavy (non-hydrogen) atoms. The Balaban J connectivity index is 1.62. The highest BCUT2D eigenvalue weighted by molar-refractivity contribution is 6.30. The molecule has 0 bridgehead atoms. The molecule has 0 aliphatic rings. The second-order valence-electron chi connectivity index (χ2n) is 7.07. The number of fused-ring (bicyclic) bond motifs is 1. The first-order valence-corrected chi connectivity index (χ1v) is 9.95. The summed E-state index contributed by atoms with van der Waals surface area (Å²) >= 11 is 5.98. The Morgan fingerprint density at radius 1 is 1.10 bits per heavy atom. The van der Waals surface area contributed by atoms with Crippen molar-refractivity contribution < 1.29 is 9.53 Å². The molecule has 2 aromatic carbocycles. The molecule has 0 spiro atoms. The molecule has 6 nitrogen and oxygen atoms in total. The van der Waals surface area contributed by atoms with Gasteiger partial charge in [-0.3, -0.25) is 4.79 Å². The zero-order valence-electron chi connectivity index (χ0n) is 16.9. The maximum Gasteiger partial charge on any atom is 0.265 e. The Bertz CT molecular complexity index is 1220. The van der Waals surface area contributed by atoms with Crippen LogP contribution in [-0.2, 0) is 4.79 Å². The first kappa shape index (κ1) is 19.9. The van der Waals surface area contributed by atoms with E-state index in [-0.39, 0.29) is 5.91 Å². The van der Waals surface area contributed by atoms with Crippen LogP contribution in [0.2, 0.25) is 5.02 Å². The van der Waals surface area contributed by atoms with Gasteiger partial charge in [-0.2, -0.15) is 10.1 Å². The van der Waals surface area contributed by atoms with Gasteiger partial charge in [-0.15, -0.1) is 0 Å². The molecule has 0 saturated carbocycles. The number of aryl methyl sites for hydroxylation is 2. The lowest BCUT2D eigenvalue weighted by Gasteiger charge is -2.15. The molecular weight excluding hydrogens is 400 g/mol. The number of benzene rings is 2. The van der Waals surface area contributed by atoms with Crippen molar-refractivity contribution >= 4 is 34.2 Å². The third-order valence-corrected chi connectivity index (χ3v) is 4.98. The molecule has 152 valence electrons. The molecule has 7 heteroatoms. The van der Waals surface area contributed by atoms with Gasteiger partial charge in [0.1, 0.15) is 0 Å². The van der Waals surface area contributed by atoms with Crippen molar-refractivity contribution in [2.75, 3.05) is 5.32 Å². The average molecular weight is 421 g/mol. The summed E-state index contributed by atoms with van der Waals surface area (Å²) in [5.74, 6) is 0.0791. The van der Waals surface area contributed by atoms with Crippen LogP contribution in [0.4, 0.5) is 5.69 Å². The molecule has 0 unspecified atom stereocenters. The van der Waals surface area contributed by atoms with Gasteiger partial charge >= 0.3 is 0 Å². The van der Waals surface area contributed by atoms with Crippen LogP contribution in [0.3, 0.4) is 0 Å². The van der Waals surface area contributed by atoms with E-state index >= 15 is 0 Å². The lowest BCUT2D eigenvalue weighted by molar-refractivity contribution is -0.122. The standard InChI is InChI=1S/C23H21ClN4O2/c1-14-12-20(30-16(3)23(29)25-18-9-7-8-17(24)13-18)26-22-21(14)15(2)27-28(22)19-10-5-4-6-11-19/h4-13,16H,1-3H3,(H,25,29)/t16-/m0/s1. The highest BCUT2D eigenvalue weighted by atomic mass is 35.5. The van der Waals surface area contributed by atoms with Crippen molar-refractivity contribution in [3.8, 4) is 11.6 Å². The average Bonchev–Trinajstić information content (AvgIpc) is 3.05. The van der Waals surface area contributed by atoms with Crippen LogP contribution in [0.25, 0.3) is 16.7 Å². The lowest BCUT2D eigenvalue weighted by Crippen LogP contribution is -2.30. The normalized spacial score (nSPS) is 12.0. The second-order valence-corrected chi connectivity index (χ2v) is 7.50. The molecule has 0 saturated heterocycles. The van der Waals surface area contributed by atoms with E-state index in [9.17, 15) is 4.79 Å². The van der Waals surface area contributed by atoms with E-state index in [0.29, 0.717) is 22.2 Å². The number of ether oxygens (including phenoxy) is 1. The van der Waals surface area contributed by atoms with Crippen LogP contribution in [0.15, 0.2) is 60.7 Å². The predicted octanol–water partition coefficient (Wildman–Crippen LogP) is 5.10. The van der Waals surface area contributed by atoms with Crippen molar-refractivity contribution in [3.05, 3.63) is 76.9 Å². The largest absolute Gasteiger partial charge is 0.464 e. The number of amides is 1. The fourth-order valence-electron chi connectivity index (χ4n) is 3.33. The predicted molar refractivity (Wildman–Crippen MR) is 119 cm³/mol. The smallest absolute Gasteiger partial charge is 0.265 e. The van der Waals surface area contributed by atoms with Crippen LogP contribution < -0.4 is 10.1 Å². The number of hydrogen-bond acceptors (Lipinski definition) is 4. The quantitative estimate of drug-likeness (QED) is 0.487. The molecular formula is C23H21ClN4O2. The number of pyridine rings is 1. The maximum atomic E-state index is 12.5. The number of nitrogens with zero attached hydrogens (tertiary/aromatic N) is 3. The molecule has 1 atom stereocenters. The molecule has 0 aliphatic heterocycles. The minimum atomic E-state index is -0.748. The summed E-state index contributed by atoms with van der Waals surface area (Å²) in [5.41, 5.74) is 4.08. The van der Waals surface area contributed by atoms with E-state index in [0.717, 1.165) is 22.3 Å². The number of rotatable bonds is 5. The molecule has 4 aromatic rings. The van der Waals surface area contributed by atoms with E-state index in [1.807, 2.05) is 50.2 Å². The molecule has 2 aromatic heterocycles. The number of carbonyl (C=O) groups is 1.